The van der Waals surface area contributed by atoms with E-state index < -0.39 is 0 Å². The summed E-state index contributed by atoms with van der Waals surface area (Å²) in [4.78, 5) is 12.3. The highest BCUT2D eigenvalue weighted by Crippen LogP contribution is 2.27. The summed E-state index contributed by atoms with van der Waals surface area (Å²) in [7, 11) is 0. The molecule has 7 nitrogen and oxygen atoms in total. The fourth-order valence-corrected chi connectivity index (χ4v) is 4.61. The predicted molar refractivity (Wildman–Crippen MR) is 111 cm³/mol. The van der Waals surface area contributed by atoms with Crippen molar-refractivity contribution in [3.63, 3.8) is 0 Å². The number of anilines is 1. The van der Waals surface area contributed by atoms with Gasteiger partial charge in [0.15, 0.2) is 4.34 Å². The van der Waals surface area contributed by atoms with Gasteiger partial charge in [0.05, 0.1) is 17.9 Å². The zero-order valence-electron chi connectivity index (χ0n) is 15.5. The molecule has 1 fully saturated rings. The maximum absolute atomic E-state index is 12.3. The zero-order chi connectivity index (χ0) is 19.3. The number of nitrogens with one attached hydrogen (secondary N) is 2. The Morgan fingerprint density at radius 1 is 1.39 bits per heavy atom. The molecule has 0 aliphatic carbocycles. The van der Waals surface area contributed by atoms with Gasteiger partial charge in [0.25, 0.3) is 0 Å². The molecule has 1 saturated heterocycles. The molecular weight excluding hydrogens is 396 g/mol. The summed E-state index contributed by atoms with van der Waals surface area (Å²) in [5.41, 5.74) is 0.824. The van der Waals surface area contributed by atoms with Crippen molar-refractivity contribution >= 4 is 45.1 Å². The van der Waals surface area contributed by atoms with Crippen molar-refractivity contribution in [1.29, 1.82) is 0 Å². The standard InChI is InChI=1S/C19H22N4O3S2/c1-12(16-9-13-5-2-3-7-15(13)26-16)21-17(24)11-27-19-23-22-18(28-19)20-10-14-6-4-8-25-14/h2-3,5,7,9,12,14H,4,6,8,10-11H2,1H3,(H,20,22)(H,21,24)/t12-,14-/m1/s1. The van der Waals surface area contributed by atoms with Crippen molar-refractivity contribution in [3.05, 3.63) is 36.1 Å². The van der Waals surface area contributed by atoms with Crippen LogP contribution in [0.3, 0.4) is 0 Å². The molecule has 1 aliphatic heterocycles. The van der Waals surface area contributed by atoms with Crippen LogP contribution in [0.15, 0.2) is 39.1 Å². The summed E-state index contributed by atoms with van der Waals surface area (Å²) in [5, 5.41) is 16.3. The topological polar surface area (TPSA) is 89.3 Å². The second-order valence-electron chi connectivity index (χ2n) is 6.65. The highest BCUT2D eigenvalue weighted by Gasteiger charge is 2.17. The molecule has 0 bridgehead atoms. The zero-order valence-corrected chi connectivity index (χ0v) is 17.1. The Labute approximate surface area is 171 Å². The minimum absolute atomic E-state index is 0.0676. The van der Waals surface area contributed by atoms with E-state index >= 15 is 0 Å². The van der Waals surface area contributed by atoms with E-state index in [0.717, 1.165) is 52.2 Å². The van der Waals surface area contributed by atoms with E-state index in [9.17, 15) is 4.79 Å². The Bertz CT molecular complexity index is 903. The number of carbonyl (C=O) groups excluding carboxylic acids is 1. The molecular formula is C19H22N4O3S2. The third-order valence-corrected chi connectivity index (χ3v) is 6.50. The van der Waals surface area contributed by atoms with Crippen molar-refractivity contribution in [2.45, 2.75) is 36.3 Å². The lowest BCUT2D eigenvalue weighted by Gasteiger charge is -2.10. The fourth-order valence-electron chi connectivity index (χ4n) is 3.04. The number of amides is 1. The summed E-state index contributed by atoms with van der Waals surface area (Å²) in [6, 6.07) is 9.58. The van der Waals surface area contributed by atoms with Gasteiger partial charge < -0.3 is 19.8 Å². The first-order valence-corrected chi connectivity index (χ1v) is 11.1. The molecule has 0 saturated carbocycles. The lowest BCUT2D eigenvalue weighted by atomic mass is 10.2. The van der Waals surface area contributed by atoms with Gasteiger partial charge in [-0.25, -0.2) is 0 Å². The van der Waals surface area contributed by atoms with E-state index in [4.69, 9.17) is 9.15 Å². The van der Waals surface area contributed by atoms with Gasteiger partial charge in [-0.2, -0.15) is 0 Å². The second-order valence-corrected chi connectivity index (χ2v) is 8.85. The molecule has 0 unspecified atom stereocenters. The maximum atomic E-state index is 12.3. The molecule has 1 amide bonds. The number of furan rings is 1. The van der Waals surface area contributed by atoms with Crippen LogP contribution in [0.5, 0.6) is 0 Å². The van der Waals surface area contributed by atoms with Crippen LogP contribution in [0.4, 0.5) is 5.13 Å². The largest absolute Gasteiger partial charge is 0.459 e. The van der Waals surface area contributed by atoms with Crippen LogP contribution >= 0.6 is 23.1 Å². The Morgan fingerprint density at radius 3 is 3.11 bits per heavy atom. The first kappa shape index (κ1) is 19.2. The molecule has 4 rings (SSSR count). The SMILES string of the molecule is C[C@@H](NC(=O)CSc1nnc(NC[C@H]2CCCO2)s1)c1cc2ccccc2o1. The van der Waals surface area contributed by atoms with E-state index in [0.29, 0.717) is 0 Å². The van der Waals surface area contributed by atoms with E-state index in [1.54, 1.807) is 0 Å². The van der Waals surface area contributed by atoms with Crippen LogP contribution in [0, 0.1) is 0 Å². The van der Waals surface area contributed by atoms with Gasteiger partial charge >= 0.3 is 0 Å². The van der Waals surface area contributed by atoms with E-state index in [1.165, 1.54) is 23.1 Å². The summed E-state index contributed by atoms with van der Waals surface area (Å²) < 4.78 is 12.2. The number of rotatable bonds is 8. The summed E-state index contributed by atoms with van der Waals surface area (Å²) >= 11 is 2.83. The van der Waals surface area contributed by atoms with Gasteiger partial charge in [-0.3, -0.25) is 4.79 Å². The minimum Gasteiger partial charge on any atom is -0.459 e. The smallest absolute Gasteiger partial charge is 0.231 e. The molecule has 0 radical (unpaired) electrons. The number of aromatic nitrogens is 2. The number of ether oxygens (including phenoxy) is 1. The first-order chi connectivity index (χ1) is 13.7. The summed E-state index contributed by atoms with van der Waals surface area (Å²) in [5.74, 6) is 0.961. The van der Waals surface area contributed by atoms with Crippen molar-refractivity contribution < 1.29 is 13.9 Å². The molecule has 1 aromatic carbocycles. The van der Waals surface area contributed by atoms with Crippen LogP contribution in [0.1, 0.15) is 31.6 Å². The van der Waals surface area contributed by atoms with Gasteiger partial charge in [-0.1, -0.05) is 41.3 Å². The third kappa shape index (κ3) is 4.84. The Balaban J connectivity index is 1.23. The Kier molecular flexibility index (Phi) is 6.13. The van der Waals surface area contributed by atoms with E-state index in [1.807, 2.05) is 37.3 Å². The number of carbonyl (C=O) groups is 1. The second kappa shape index (κ2) is 8.93. The van der Waals surface area contributed by atoms with Gasteiger partial charge in [0.1, 0.15) is 11.3 Å². The van der Waals surface area contributed by atoms with E-state index in [-0.39, 0.29) is 23.8 Å². The number of para-hydroxylation sites is 1. The van der Waals surface area contributed by atoms with Crippen LogP contribution in [0.2, 0.25) is 0 Å². The van der Waals surface area contributed by atoms with Crippen molar-refractivity contribution in [1.82, 2.24) is 15.5 Å². The van der Waals surface area contributed by atoms with Crippen molar-refractivity contribution in [2.24, 2.45) is 0 Å². The number of nitrogens with zero attached hydrogens (tertiary/aromatic N) is 2. The van der Waals surface area contributed by atoms with Gasteiger partial charge in [-0.15, -0.1) is 10.2 Å². The monoisotopic (exact) mass is 418 g/mol. The van der Waals surface area contributed by atoms with Crippen LogP contribution < -0.4 is 10.6 Å². The minimum atomic E-state index is -0.196. The quantitative estimate of drug-likeness (QED) is 0.537. The van der Waals surface area contributed by atoms with Crippen LogP contribution in [-0.4, -0.2) is 41.1 Å². The number of benzene rings is 1. The van der Waals surface area contributed by atoms with Gasteiger partial charge in [0, 0.05) is 18.5 Å². The summed E-state index contributed by atoms with van der Waals surface area (Å²) in [6.45, 7) is 3.50. The fraction of sp³-hybridized carbons (Fsp3) is 0.421. The number of thioether (sulfide) groups is 1. The molecule has 1 aliphatic rings. The first-order valence-electron chi connectivity index (χ1n) is 9.27. The Hall–Kier alpha value is -2.10. The molecule has 9 heteroatoms. The maximum Gasteiger partial charge on any atom is 0.231 e. The highest BCUT2D eigenvalue weighted by atomic mass is 32.2. The third-order valence-electron chi connectivity index (χ3n) is 4.49. The predicted octanol–water partition coefficient (Wildman–Crippen LogP) is 3.84. The van der Waals surface area contributed by atoms with E-state index in [2.05, 4.69) is 20.8 Å². The molecule has 2 atom stereocenters. The summed E-state index contributed by atoms with van der Waals surface area (Å²) in [6.07, 6.45) is 2.45. The average Bonchev–Trinajstić information content (AvgIpc) is 3.45. The number of hydrogen-bond acceptors (Lipinski definition) is 8. The molecule has 148 valence electrons. The van der Waals surface area contributed by atoms with Gasteiger partial charge in [0.2, 0.25) is 11.0 Å². The molecule has 3 aromatic rings. The molecule has 2 aromatic heterocycles. The van der Waals surface area contributed by atoms with Crippen molar-refractivity contribution in [3.8, 4) is 0 Å². The molecule has 0 spiro atoms. The molecule has 3 heterocycles. The van der Waals surface area contributed by atoms with Crippen molar-refractivity contribution in [2.75, 3.05) is 24.2 Å². The van der Waals surface area contributed by atoms with Crippen LogP contribution in [0.25, 0.3) is 11.0 Å². The lowest BCUT2D eigenvalue weighted by Crippen LogP contribution is -2.27. The number of fused-ring (bicyclic) bond motifs is 1. The lowest BCUT2D eigenvalue weighted by molar-refractivity contribution is -0.119. The number of hydrogen-bond donors (Lipinski definition) is 2. The average molecular weight is 419 g/mol. The van der Waals surface area contributed by atoms with Crippen LogP contribution in [-0.2, 0) is 9.53 Å². The van der Waals surface area contributed by atoms with Gasteiger partial charge in [-0.05, 0) is 31.9 Å². The Morgan fingerprint density at radius 2 is 2.29 bits per heavy atom. The molecule has 28 heavy (non-hydrogen) atoms. The highest BCUT2D eigenvalue weighted by molar-refractivity contribution is 8.01. The molecule has 2 N–H and O–H groups in total. The normalized spacial score (nSPS) is 17.7.